The van der Waals surface area contributed by atoms with E-state index in [1.54, 1.807) is 37.3 Å². The molecule has 1 aliphatic heterocycles. The highest BCUT2D eigenvalue weighted by Crippen LogP contribution is 2.69. The van der Waals surface area contributed by atoms with E-state index in [1.807, 2.05) is 6.92 Å². The van der Waals surface area contributed by atoms with Crippen molar-refractivity contribution >= 4 is 11.9 Å². The fourth-order valence-corrected chi connectivity index (χ4v) is 6.12. The third-order valence-corrected chi connectivity index (χ3v) is 7.88. The minimum Gasteiger partial charge on any atom is -0.461 e. The molecular weight excluding hydrogens is 376 g/mol. The smallest absolute Gasteiger partial charge is 0.338 e. The maximum atomic E-state index is 12.5. The topological polar surface area (TPSA) is 113 Å². The average Bonchev–Trinajstić information content (AvgIpc) is 2.78. The fourth-order valence-electron chi connectivity index (χ4n) is 6.12. The molecule has 7 atom stereocenters. The molecule has 0 amide bonds. The van der Waals surface area contributed by atoms with Crippen molar-refractivity contribution in [3.63, 3.8) is 0 Å². The number of aliphatic hydroxyl groups excluding tert-OH is 1. The van der Waals surface area contributed by atoms with Crippen molar-refractivity contribution in [1.82, 2.24) is 0 Å². The molecule has 0 aromatic heterocycles. The second-order valence-electron chi connectivity index (χ2n) is 9.46. The molecule has 158 valence electrons. The van der Waals surface area contributed by atoms with E-state index in [4.69, 9.17) is 9.47 Å². The summed E-state index contributed by atoms with van der Waals surface area (Å²) >= 11 is 0. The maximum absolute atomic E-state index is 12.5. The van der Waals surface area contributed by atoms with E-state index in [1.165, 1.54) is 6.92 Å². The van der Waals surface area contributed by atoms with E-state index >= 15 is 0 Å². The number of carbonyl (C=O) groups is 2. The monoisotopic (exact) mass is 404 g/mol. The number of rotatable bonds is 3. The van der Waals surface area contributed by atoms with Crippen LogP contribution in [-0.2, 0) is 14.3 Å². The van der Waals surface area contributed by atoms with Crippen LogP contribution in [0.2, 0.25) is 0 Å². The first kappa shape index (κ1) is 20.3. The minimum atomic E-state index is -1.77. The van der Waals surface area contributed by atoms with Crippen LogP contribution in [0.3, 0.4) is 0 Å². The van der Waals surface area contributed by atoms with Crippen LogP contribution in [0.1, 0.15) is 50.4 Å². The van der Waals surface area contributed by atoms with Crippen LogP contribution in [0.25, 0.3) is 0 Å². The second-order valence-corrected chi connectivity index (χ2v) is 9.46. The largest absolute Gasteiger partial charge is 0.461 e. The summed E-state index contributed by atoms with van der Waals surface area (Å²) in [4.78, 5) is 24.8. The summed E-state index contributed by atoms with van der Waals surface area (Å²) in [6.07, 6.45) is -1.52. The lowest BCUT2D eigenvalue weighted by atomic mass is 9.45. The van der Waals surface area contributed by atoms with Crippen molar-refractivity contribution in [2.45, 2.75) is 63.4 Å². The van der Waals surface area contributed by atoms with Gasteiger partial charge in [0, 0.05) is 5.41 Å². The lowest BCUT2D eigenvalue weighted by molar-refractivity contribution is -0.332. The summed E-state index contributed by atoms with van der Waals surface area (Å²) in [5, 5.41) is 34.2. The van der Waals surface area contributed by atoms with Crippen molar-refractivity contribution in [2.24, 2.45) is 16.7 Å². The number of aliphatic hydroxyl groups is 3. The second kappa shape index (κ2) is 6.27. The summed E-state index contributed by atoms with van der Waals surface area (Å²) in [6, 6.07) is 8.43. The zero-order valence-corrected chi connectivity index (χ0v) is 16.9. The van der Waals surface area contributed by atoms with Crippen molar-refractivity contribution < 1.29 is 34.4 Å². The molecule has 1 heterocycles. The zero-order valence-electron chi connectivity index (χ0n) is 16.9. The van der Waals surface area contributed by atoms with E-state index in [2.05, 4.69) is 0 Å². The Morgan fingerprint density at radius 3 is 2.52 bits per heavy atom. The van der Waals surface area contributed by atoms with Crippen molar-refractivity contribution in [3.8, 4) is 0 Å². The molecule has 4 rings (SSSR count). The Hall–Kier alpha value is -1.96. The Kier molecular flexibility index (Phi) is 4.39. The van der Waals surface area contributed by atoms with Crippen LogP contribution in [0.5, 0.6) is 0 Å². The molecule has 29 heavy (non-hydrogen) atoms. The van der Waals surface area contributed by atoms with Gasteiger partial charge in [-0.15, -0.1) is 0 Å². The molecule has 0 radical (unpaired) electrons. The lowest BCUT2D eigenvalue weighted by Crippen LogP contribution is -2.79. The third kappa shape index (κ3) is 2.47. The summed E-state index contributed by atoms with van der Waals surface area (Å²) < 4.78 is 11.1. The minimum absolute atomic E-state index is 0.0420. The van der Waals surface area contributed by atoms with Gasteiger partial charge < -0.3 is 24.8 Å². The van der Waals surface area contributed by atoms with E-state index in [-0.39, 0.29) is 25.4 Å². The van der Waals surface area contributed by atoms with E-state index in [9.17, 15) is 24.9 Å². The van der Waals surface area contributed by atoms with Gasteiger partial charge in [-0.05, 0) is 37.8 Å². The quantitative estimate of drug-likeness (QED) is 0.653. The maximum Gasteiger partial charge on any atom is 0.338 e. The molecule has 3 N–H and O–H groups in total. The Morgan fingerprint density at radius 2 is 1.86 bits per heavy atom. The van der Waals surface area contributed by atoms with Gasteiger partial charge >= 0.3 is 11.9 Å². The first-order chi connectivity index (χ1) is 13.5. The fraction of sp³-hybridized carbons (Fsp3) is 0.636. The van der Waals surface area contributed by atoms with Crippen LogP contribution in [-0.4, -0.2) is 57.3 Å². The number of hydrogen-bond acceptors (Lipinski definition) is 7. The standard InChI is InChI=1S/C22H28O7/c1-13-9-21-10-15(23)20(3,26)19(2,22(21,27)17(13)29-16(24)11-21)12-28-18(25)14-7-5-4-6-8-14/h4-8,13,15,17,23,26-27H,9-12H2,1-3H3/t13-,15-,17+,19-,20+,21?,22+/m1/s1. The number of carbonyl (C=O) groups excluding carboxylic acids is 2. The molecule has 2 saturated carbocycles. The molecule has 1 saturated heterocycles. The predicted octanol–water partition coefficient (Wildman–Crippen LogP) is 1.44. The first-order valence-corrected chi connectivity index (χ1v) is 10.0. The molecule has 1 aromatic rings. The molecule has 7 nitrogen and oxygen atoms in total. The molecule has 3 aliphatic rings. The van der Waals surface area contributed by atoms with Gasteiger partial charge in [-0.2, -0.15) is 0 Å². The summed E-state index contributed by atoms with van der Waals surface area (Å²) in [5.74, 6) is -1.16. The van der Waals surface area contributed by atoms with Gasteiger partial charge in [0.1, 0.15) is 18.3 Å². The molecule has 1 unspecified atom stereocenters. The van der Waals surface area contributed by atoms with Gasteiger partial charge in [-0.1, -0.05) is 32.0 Å². The first-order valence-electron chi connectivity index (χ1n) is 10.0. The van der Waals surface area contributed by atoms with Crippen molar-refractivity contribution in [1.29, 1.82) is 0 Å². The van der Waals surface area contributed by atoms with E-state index < -0.39 is 46.2 Å². The van der Waals surface area contributed by atoms with Crippen molar-refractivity contribution in [2.75, 3.05) is 6.61 Å². The third-order valence-electron chi connectivity index (χ3n) is 7.88. The summed E-state index contributed by atoms with van der Waals surface area (Å²) in [6.45, 7) is 4.61. The average molecular weight is 404 g/mol. The van der Waals surface area contributed by atoms with Crippen molar-refractivity contribution in [3.05, 3.63) is 35.9 Å². The van der Waals surface area contributed by atoms with Gasteiger partial charge in [0.2, 0.25) is 0 Å². The van der Waals surface area contributed by atoms with Crippen LogP contribution in [0, 0.1) is 16.7 Å². The van der Waals surface area contributed by atoms with Crippen LogP contribution in [0.4, 0.5) is 0 Å². The molecule has 3 fully saturated rings. The number of hydrogen-bond donors (Lipinski definition) is 3. The number of esters is 2. The zero-order chi connectivity index (χ0) is 21.2. The Morgan fingerprint density at radius 1 is 1.21 bits per heavy atom. The summed E-state index contributed by atoms with van der Waals surface area (Å²) in [7, 11) is 0. The molecule has 2 aliphatic carbocycles. The van der Waals surface area contributed by atoms with Gasteiger partial charge in [0.15, 0.2) is 0 Å². The molecule has 1 aromatic carbocycles. The Bertz CT molecular complexity index is 837. The summed E-state index contributed by atoms with van der Waals surface area (Å²) in [5.41, 5.74) is -5.47. The highest BCUT2D eigenvalue weighted by molar-refractivity contribution is 5.89. The molecule has 7 heteroatoms. The van der Waals surface area contributed by atoms with Gasteiger partial charge in [-0.3, -0.25) is 4.79 Å². The van der Waals surface area contributed by atoms with Gasteiger partial charge in [0.25, 0.3) is 0 Å². The number of ether oxygens (including phenoxy) is 2. The molecule has 0 spiro atoms. The van der Waals surface area contributed by atoms with Crippen LogP contribution >= 0.6 is 0 Å². The highest BCUT2D eigenvalue weighted by atomic mass is 16.6. The Balaban J connectivity index is 1.74. The lowest BCUT2D eigenvalue weighted by Gasteiger charge is -2.65. The van der Waals surface area contributed by atoms with Gasteiger partial charge in [0.05, 0.1) is 29.1 Å². The van der Waals surface area contributed by atoms with Crippen LogP contribution in [0.15, 0.2) is 30.3 Å². The Labute approximate surface area is 169 Å². The molecular formula is C22H28O7. The van der Waals surface area contributed by atoms with E-state index in [0.717, 1.165) is 0 Å². The normalized spacial score (nSPS) is 46.0. The van der Waals surface area contributed by atoms with Crippen LogP contribution < -0.4 is 0 Å². The van der Waals surface area contributed by atoms with Gasteiger partial charge in [-0.25, -0.2) is 4.79 Å². The predicted molar refractivity (Wildman–Crippen MR) is 102 cm³/mol. The number of benzene rings is 1. The molecule has 2 bridgehead atoms. The highest BCUT2D eigenvalue weighted by Gasteiger charge is 2.80. The van der Waals surface area contributed by atoms with E-state index in [0.29, 0.717) is 12.0 Å². The SMILES string of the molecule is C[C@@H]1CC23CC(=O)O[C@@H]1[C@]2(O)[C@](C)(COC(=O)c1ccccc1)[C@@](C)(O)[C@H](O)C3.